The third-order valence-corrected chi connectivity index (χ3v) is 5.91. The Hall–Kier alpha value is -3.82. The molecular weight excluding hydrogens is 498 g/mol. The first-order valence-corrected chi connectivity index (χ1v) is 11.3. The standard InChI is InChI=1S/C27H22F6N2O2/c1-17(18-6-3-2-4-7-18)34-23-15-24(19-8-5-9-22(14-19)37-16-26(28,29)30)35(25(23)36)21-12-10-20(11-13-21)27(31,32)33/h2-14,17,24H,15-16H2,1H3/t17-,24-/m1/s1. The first kappa shape index (κ1) is 26.2. The minimum Gasteiger partial charge on any atom is -0.484 e. The number of alkyl halides is 6. The maximum atomic E-state index is 13.5. The van der Waals surface area contributed by atoms with Crippen molar-refractivity contribution in [2.75, 3.05) is 11.5 Å². The van der Waals surface area contributed by atoms with Crippen LogP contribution in [-0.4, -0.2) is 24.4 Å². The lowest BCUT2D eigenvalue weighted by Crippen LogP contribution is -2.29. The highest BCUT2D eigenvalue weighted by atomic mass is 19.4. The SMILES string of the molecule is C[C@@H](N=C1C[C@H](c2cccc(OCC(F)(F)F)c2)N(c2ccc(C(F)(F)F)cc2)C1=O)c1ccccc1. The Morgan fingerprint density at radius 1 is 0.946 bits per heavy atom. The quantitative estimate of drug-likeness (QED) is 0.320. The van der Waals surface area contributed by atoms with Crippen LogP contribution in [0.2, 0.25) is 0 Å². The van der Waals surface area contributed by atoms with Gasteiger partial charge in [0, 0.05) is 12.1 Å². The van der Waals surface area contributed by atoms with E-state index in [1.165, 1.54) is 35.2 Å². The van der Waals surface area contributed by atoms with Gasteiger partial charge < -0.3 is 4.74 Å². The second-order valence-corrected chi connectivity index (χ2v) is 8.58. The molecule has 0 spiro atoms. The second-order valence-electron chi connectivity index (χ2n) is 8.58. The maximum absolute atomic E-state index is 13.5. The van der Waals surface area contributed by atoms with Gasteiger partial charge in [-0.15, -0.1) is 0 Å². The van der Waals surface area contributed by atoms with Crippen LogP contribution in [0.3, 0.4) is 0 Å². The van der Waals surface area contributed by atoms with Crippen molar-refractivity contribution in [1.29, 1.82) is 0 Å². The summed E-state index contributed by atoms with van der Waals surface area (Å²) >= 11 is 0. The fourth-order valence-corrected chi connectivity index (χ4v) is 4.14. The van der Waals surface area contributed by atoms with E-state index in [1.54, 1.807) is 6.07 Å². The number of nitrogens with zero attached hydrogens (tertiary/aromatic N) is 2. The highest BCUT2D eigenvalue weighted by Gasteiger charge is 2.40. The van der Waals surface area contributed by atoms with Crippen LogP contribution in [-0.2, 0) is 11.0 Å². The van der Waals surface area contributed by atoms with E-state index < -0.39 is 36.5 Å². The summed E-state index contributed by atoms with van der Waals surface area (Å²) in [6, 6.07) is 18.2. The lowest BCUT2D eigenvalue weighted by atomic mass is 10.0. The second kappa shape index (κ2) is 10.3. The predicted molar refractivity (Wildman–Crippen MR) is 127 cm³/mol. The topological polar surface area (TPSA) is 41.9 Å². The molecule has 3 aromatic carbocycles. The molecule has 0 bridgehead atoms. The smallest absolute Gasteiger partial charge is 0.422 e. The van der Waals surface area contributed by atoms with Crippen LogP contribution in [0.15, 0.2) is 83.9 Å². The summed E-state index contributed by atoms with van der Waals surface area (Å²) in [6.45, 7) is 0.334. The Kier molecular flexibility index (Phi) is 7.29. The van der Waals surface area contributed by atoms with Crippen LogP contribution in [0.5, 0.6) is 5.75 Å². The molecule has 0 aromatic heterocycles. The van der Waals surface area contributed by atoms with Gasteiger partial charge >= 0.3 is 12.4 Å². The van der Waals surface area contributed by atoms with E-state index in [4.69, 9.17) is 4.74 Å². The molecule has 194 valence electrons. The van der Waals surface area contributed by atoms with Crippen molar-refractivity contribution in [2.24, 2.45) is 4.99 Å². The van der Waals surface area contributed by atoms with E-state index in [0.29, 0.717) is 5.56 Å². The maximum Gasteiger partial charge on any atom is 0.422 e. The average molecular weight is 520 g/mol. The molecule has 1 aliphatic rings. The van der Waals surface area contributed by atoms with Crippen LogP contribution in [0.4, 0.5) is 32.0 Å². The Morgan fingerprint density at radius 3 is 2.24 bits per heavy atom. The fraction of sp³-hybridized carbons (Fsp3) is 0.259. The van der Waals surface area contributed by atoms with Crippen molar-refractivity contribution in [3.8, 4) is 5.75 Å². The van der Waals surface area contributed by atoms with Crippen molar-refractivity contribution in [2.45, 2.75) is 37.8 Å². The molecule has 1 heterocycles. The number of amides is 1. The van der Waals surface area contributed by atoms with Crippen LogP contribution in [0.25, 0.3) is 0 Å². The number of anilines is 1. The van der Waals surface area contributed by atoms with Crippen molar-refractivity contribution >= 4 is 17.3 Å². The van der Waals surface area contributed by atoms with E-state index in [1.807, 2.05) is 37.3 Å². The van der Waals surface area contributed by atoms with E-state index in [9.17, 15) is 31.1 Å². The third-order valence-electron chi connectivity index (χ3n) is 5.91. The molecule has 3 aromatic rings. The number of benzene rings is 3. The van der Waals surface area contributed by atoms with E-state index in [0.717, 1.165) is 17.7 Å². The lowest BCUT2D eigenvalue weighted by Gasteiger charge is -2.25. The molecule has 4 nitrogen and oxygen atoms in total. The molecule has 37 heavy (non-hydrogen) atoms. The van der Waals surface area contributed by atoms with E-state index in [2.05, 4.69) is 4.99 Å². The average Bonchev–Trinajstić information content (AvgIpc) is 3.18. The number of hydrogen-bond donors (Lipinski definition) is 0. The molecule has 0 saturated carbocycles. The Labute approximate surface area is 209 Å². The number of halogens is 6. The number of aliphatic imine (C=N–C) groups is 1. The minimum absolute atomic E-state index is 0.0438. The van der Waals surface area contributed by atoms with Gasteiger partial charge in [-0.25, -0.2) is 0 Å². The molecule has 1 fully saturated rings. The molecule has 0 N–H and O–H groups in total. The predicted octanol–water partition coefficient (Wildman–Crippen LogP) is 7.33. The Bertz CT molecular complexity index is 1270. The molecule has 1 saturated heterocycles. The van der Waals surface area contributed by atoms with Gasteiger partial charge in [0.1, 0.15) is 11.5 Å². The number of hydrogen-bond acceptors (Lipinski definition) is 3. The summed E-state index contributed by atoms with van der Waals surface area (Å²) in [7, 11) is 0. The van der Waals surface area contributed by atoms with Gasteiger partial charge in [-0.1, -0.05) is 42.5 Å². The molecular formula is C27H22F6N2O2. The molecule has 10 heteroatoms. The molecule has 0 unspecified atom stereocenters. The van der Waals surface area contributed by atoms with E-state index in [-0.39, 0.29) is 29.6 Å². The number of ether oxygens (including phenoxy) is 1. The van der Waals surface area contributed by atoms with Crippen molar-refractivity contribution < 1.29 is 35.9 Å². The van der Waals surface area contributed by atoms with Crippen molar-refractivity contribution in [1.82, 2.24) is 0 Å². The molecule has 4 rings (SSSR count). The third kappa shape index (κ3) is 6.31. The van der Waals surface area contributed by atoms with Gasteiger partial charge in [0.25, 0.3) is 5.91 Å². The van der Waals surface area contributed by atoms with Gasteiger partial charge in [0.05, 0.1) is 17.6 Å². The molecule has 1 amide bonds. The van der Waals surface area contributed by atoms with Crippen molar-refractivity contribution in [3.05, 3.63) is 95.6 Å². The zero-order valence-corrected chi connectivity index (χ0v) is 19.6. The number of rotatable bonds is 6. The molecule has 1 aliphatic heterocycles. The zero-order valence-electron chi connectivity index (χ0n) is 19.6. The Morgan fingerprint density at radius 2 is 1.62 bits per heavy atom. The van der Waals surface area contributed by atoms with Crippen LogP contribution < -0.4 is 9.64 Å². The van der Waals surface area contributed by atoms with E-state index >= 15 is 0 Å². The van der Waals surface area contributed by atoms with Crippen LogP contribution in [0, 0.1) is 0 Å². The Balaban J connectivity index is 1.70. The lowest BCUT2D eigenvalue weighted by molar-refractivity contribution is -0.153. The minimum atomic E-state index is -4.55. The van der Waals surface area contributed by atoms with Crippen molar-refractivity contribution in [3.63, 3.8) is 0 Å². The van der Waals surface area contributed by atoms with Gasteiger partial charge in [0.15, 0.2) is 6.61 Å². The number of carbonyl (C=O) groups excluding carboxylic acids is 1. The summed E-state index contributed by atoms with van der Waals surface area (Å²) in [5, 5.41) is 0. The normalized spacial score (nSPS) is 18.4. The largest absolute Gasteiger partial charge is 0.484 e. The van der Waals surface area contributed by atoms with Gasteiger partial charge in [0.2, 0.25) is 0 Å². The summed E-state index contributed by atoms with van der Waals surface area (Å²) < 4.78 is 82.0. The monoisotopic (exact) mass is 520 g/mol. The van der Waals surface area contributed by atoms with Gasteiger partial charge in [-0.05, 0) is 54.4 Å². The summed E-state index contributed by atoms with van der Waals surface area (Å²) in [5.74, 6) is -0.535. The molecule has 0 aliphatic carbocycles. The molecule has 2 atom stereocenters. The van der Waals surface area contributed by atoms with Crippen LogP contribution in [0.1, 0.15) is 42.1 Å². The highest BCUT2D eigenvalue weighted by molar-refractivity contribution is 6.46. The first-order chi connectivity index (χ1) is 17.4. The van der Waals surface area contributed by atoms with Gasteiger partial charge in [-0.3, -0.25) is 14.7 Å². The summed E-state index contributed by atoms with van der Waals surface area (Å²) in [4.78, 5) is 19.4. The van der Waals surface area contributed by atoms with Gasteiger partial charge in [-0.2, -0.15) is 26.3 Å². The molecule has 0 radical (unpaired) electrons. The van der Waals surface area contributed by atoms with Crippen LogP contribution >= 0.6 is 0 Å². The highest BCUT2D eigenvalue weighted by Crippen LogP contribution is 2.39. The summed E-state index contributed by atoms with van der Waals surface area (Å²) in [6.07, 6.45) is -8.96. The first-order valence-electron chi connectivity index (χ1n) is 11.3. The zero-order chi connectivity index (χ0) is 26.8. The fourth-order valence-electron chi connectivity index (χ4n) is 4.14. The summed E-state index contributed by atoms with van der Waals surface area (Å²) in [5.41, 5.74) is 0.888. The number of carbonyl (C=O) groups is 1.